The maximum absolute atomic E-state index is 9.42. The number of hydrogen-bond donors (Lipinski definition) is 1. The molecule has 102 valence electrons. The molecule has 0 aliphatic heterocycles. The maximum atomic E-state index is 9.42. The van der Waals surface area contributed by atoms with E-state index in [0.717, 1.165) is 0 Å². The highest BCUT2D eigenvalue weighted by atomic mass is 16.3. The van der Waals surface area contributed by atoms with E-state index < -0.39 is 0 Å². The van der Waals surface area contributed by atoms with Crippen LogP contribution >= 0.6 is 0 Å². The van der Waals surface area contributed by atoms with Gasteiger partial charge in [-0.25, -0.2) is 0 Å². The van der Waals surface area contributed by atoms with Crippen LogP contribution in [0.5, 0.6) is 5.75 Å². The predicted octanol–water partition coefficient (Wildman–Crippen LogP) is 5.55. The lowest BCUT2D eigenvalue weighted by atomic mass is 9.91. The van der Waals surface area contributed by atoms with Gasteiger partial charge in [-0.3, -0.25) is 0 Å². The Morgan fingerprint density at radius 1 is 1.06 bits per heavy atom. The molecule has 0 fully saturated rings. The number of phenols is 1. The molecule has 1 nitrogen and oxygen atoms in total. The third-order valence-electron chi connectivity index (χ3n) is 3.77. The first-order valence-electron chi connectivity index (χ1n) is 7.44. The molecule has 0 radical (unpaired) electrons. The monoisotopic (exact) mass is 248 g/mol. The molecule has 18 heavy (non-hydrogen) atoms. The number of hydrogen-bond acceptors (Lipinski definition) is 1. The molecule has 0 saturated carbocycles. The smallest absolute Gasteiger partial charge is 0.115 e. The normalized spacial score (nSPS) is 12.6. The van der Waals surface area contributed by atoms with E-state index in [0.29, 0.717) is 11.7 Å². The minimum atomic E-state index is 0.378. The second-order valence-electron chi connectivity index (χ2n) is 5.50. The lowest BCUT2D eigenvalue weighted by molar-refractivity contribution is 0.474. The molecule has 0 aliphatic carbocycles. The fraction of sp³-hybridized carbons (Fsp3) is 0.647. The highest BCUT2D eigenvalue weighted by molar-refractivity contribution is 5.35. The van der Waals surface area contributed by atoms with Crippen LogP contribution in [-0.2, 0) is 0 Å². The van der Waals surface area contributed by atoms with Crippen LogP contribution in [0.1, 0.15) is 75.8 Å². The molecule has 0 saturated heterocycles. The van der Waals surface area contributed by atoms with Crippen LogP contribution in [0.3, 0.4) is 0 Å². The molecule has 0 spiro atoms. The molecule has 1 aromatic rings. The number of aryl methyl sites for hydroxylation is 1. The lowest BCUT2D eigenvalue weighted by Crippen LogP contribution is -1.96. The second-order valence-corrected chi connectivity index (χ2v) is 5.50. The number of unbranched alkanes of at least 4 members (excludes halogenated alkanes) is 5. The van der Waals surface area contributed by atoms with Gasteiger partial charge in [0.25, 0.3) is 0 Å². The number of phenolic OH excluding ortho intramolecular Hbond substituents is 1. The van der Waals surface area contributed by atoms with Crippen LogP contribution in [0.25, 0.3) is 0 Å². The Labute approximate surface area is 112 Å². The van der Waals surface area contributed by atoms with Gasteiger partial charge >= 0.3 is 0 Å². The molecule has 0 bridgehead atoms. The molecule has 1 aromatic carbocycles. The van der Waals surface area contributed by atoms with Crippen molar-refractivity contribution in [1.82, 2.24) is 0 Å². The van der Waals surface area contributed by atoms with Crippen molar-refractivity contribution in [2.45, 2.75) is 71.6 Å². The molecule has 0 aromatic heterocycles. The van der Waals surface area contributed by atoms with Crippen LogP contribution in [-0.4, -0.2) is 5.11 Å². The molecule has 0 heterocycles. The zero-order valence-corrected chi connectivity index (χ0v) is 12.2. The third-order valence-corrected chi connectivity index (χ3v) is 3.77. The summed E-state index contributed by atoms with van der Waals surface area (Å²) < 4.78 is 0. The molecule has 0 aliphatic rings. The summed E-state index contributed by atoms with van der Waals surface area (Å²) in [5.41, 5.74) is 2.61. The van der Waals surface area contributed by atoms with E-state index in [4.69, 9.17) is 0 Å². The molecule has 1 heteroatoms. The summed E-state index contributed by atoms with van der Waals surface area (Å²) in [6, 6.07) is 5.75. The first kappa shape index (κ1) is 15.1. The Morgan fingerprint density at radius 2 is 1.72 bits per heavy atom. The van der Waals surface area contributed by atoms with Crippen molar-refractivity contribution in [2.75, 3.05) is 0 Å². The summed E-state index contributed by atoms with van der Waals surface area (Å²) in [4.78, 5) is 0. The molecule has 1 atom stereocenters. The maximum Gasteiger partial charge on any atom is 0.115 e. The van der Waals surface area contributed by atoms with Crippen molar-refractivity contribution in [3.05, 3.63) is 29.3 Å². The van der Waals surface area contributed by atoms with Gasteiger partial charge in [0.1, 0.15) is 5.75 Å². The first-order chi connectivity index (χ1) is 8.65. The van der Waals surface area contributed by atoms with Crippen molar-refractivity contribution in [3.63, 3.8) is 0 Å². The van der Waals surface area contributed by atoms with Gasteiger partial charge in [-0.15, -0.1) is 0 Å². The Morgan fingerprint density at radius 3 is 2.39 bits per heavy atom. The zero-order chi connectivity index (χ0) is 13.4. The van der Waals surface area contributed by atoms with E-state index in [9.17, 15) is 5.11 Å². The molecule has 1 N–H and O–H groups in total. The SMILES string of the molecule is CCCCCCCCC(C)c1ccc(O)cc1C. The van der Waals surface area contributed by atoms with Gasteiger partial charge in [-0.2, -0.15) is 0 Å². The molecular formula is C17H28O. The summed E-state index contributed by atoms with van der Waals surface area (Å²) in [6.07, 6.45) is 9.43. The molecular weight excluding hydrogens is 220 g/mol. The van der Waals surface area contributed by atoms with E-state index in [2.05, 4.69) is 26.8 Å². The highest BCUT2D eigenvalue weighted by Gasteiger charge is 2.08. The first-order valence-corrected chi connectivity index (χ1v) is 7.44. The average Bonchev–Trinajstić information content (AvgIpc) is 2.33. The zero-order valence-electron chi connectivity index (χ0n) is 12.2. The standard InChI is InChI=1S/C17H28O/c1-4-5-6-7-8-9-10-14(2)17-12-11-16(18)13-15(17)3/h11-14,18H,4-10H2,1-3H3. The van der Waals surface area contributed by atoms with E-state index in [1.807, 2.05) is 6.07 Å². The van der Waals surface area contributed by atoms with Crippen molar-refractivity contribution >= 4 is 0 Å². The summed E-state index contributed by atoms with van der Waals surface area (Å²) in [5.74, 6) is 0.986. The van der Waals surface area contributed by atoms with E-state index in [1.54, 1.807) is 6.07 Å². The second kappa shape index (κ2) is 8.18. The summed E-state index contributed by atoms with van der Waals surface area (Å²) in [7, 11) is 0. The fourth-order valence-electron chi connectivity index (χ4n) is 2.60. The van der Waals surface area contributed by atoms with Crippen molar-refractivity contribution in [3.8, 4) is 5.75 Å². The Balaban J connectivity index is 2.29. The van der Waals surface area contributed by atoms with Gasteiger partial charge in [-0.05, 0) is 42.5 Å². The Kier molecular flexibility index (Phi) is 6.85. The minimum absolute atomic E-state index is 0.378. The Hall–Kier alpha value is -0.980. The van der Waals surface area contributed by atoms with Crippen molar-refractivity contribution < 1.29 is 5.11 Å². The lowest BCUT2D eigenvalue weighted by Gasteiger charge is -2.14. The quantitative estimate of drug-likeness (QED) is 0.597. The van der Waals surface area contributed by atoms with E-state index in [1.165, 1.54) is 56.1 Å². The van der Waals surface area contributed by atoms with Crippen LogP contribution in [0.4, 0.5) is 0 Å². The summed E-state index contributed by atoms with van der Waals surface area (Å²) >= 11 is 0. The van der Waals surface area contributed by atoms with E-state index >= 15 is 0 Å². The van der Waals surface area contributed by atoms with Crippen molar-refractivity contribution in [1.29, 1.82) is 0 Å². The van der Waals surface area contributed by atoms with Crippen LogP contribution in [0, 0.1) is 6.92 Å². The van der Waals surface area contributed by atoms with E-state index in [-0.39, 0.29) is 0 Å². The molecule has 1 unspecified atom stereocenters. The van der Waals surface area contributed by atoms with Crippen molar-refractivity contribution in [2.24, 2.45) is 0 Å². The van der Waals surface area contributed by atoms with Gasteiger partial charge in [0.05, 0.1) is 0 Å². The van der Waals surface area contributed by atoms with Gasteiger partial charge in [0, 0.05) is 0 Å². The predicted molar refractivity (Wildman–Crippen MR) is 79.3 cm³/mol. The van der Waals surface area contributed by atoms with Gasteiger partial charge in [0.15, 0.2) is 0 Å². The van der Waals surface area contributed by atoms with Crippen LogP contribution in [0.15, 0.2) is 18.2 Å². The summed E-state index contributed by atoms with van der Waals surface area (Å²) in [5, 5.41) is 9.42. The van der Waals surface area contributed by atoms with Gasteiger partial charge < -0.3 is 5.11 Å². The minimum Gasteiger partial charge on any atom is -0.508 e. The van der Waals surface area contributed by atoms with Gasteiger partial charge in [-0.1, -0.05) is 58.4 Å². The van der Waals surface area contributed by atoms with Crippen LogP contribution < -0.4 is 0 Å². The highest BCUT2D eigenvalue weighted by Crippen LogP contribution is 2.27. The average molecular weight is 248 g/mol. The topological polar surface area (TPSA) is 20.2 Å². The number of benzene rings is 1. The van der Waals surface area contributed by atoms with Crippen LogP contribution in [0.2, 0.25) is 0 Å². The molecule has 0 amide bonds. The largest absolute Gasteiger partial charge is 0.508 e. The Bertz CT molecular complexity index is 343. The number of rotatable bonds is 8. The number of aromatic hydroxyl groups is 1. The fourth-order valence-corrected chi connectivity index (χ4v) is 2.60. The summed E-state index contributed by atoms with van der Waals surface area (Å²) in [6.45, 7) is 6.65. The third kappa shape index (κ3) is 5.12. The van der Waals surface area contributed by atoms with Gasteiger partial charge in [0.2, 0.25) is 0 Å². The molecule has 1 rings (SSSR count).